The van der Waals surface area contributed by atoms with Gasteiger partial charge in [0.15, 0.2) is 0 Å². The summed E-state index contributed by atoms with van der Waals surface area (Å²) in [5, 5.41) is 6.00. The van der Waals surface area contributed by atoms with Gasteiger partial charge in [-0.15, -0.1) is 0 Å². The van der Waals surface area contributed by atoms with Gasteiger partial charge in [-0.1, -0.05) is 12.1 Å². The zero-order valence-corrected chi connectivity index (χ0v) is 16.0. The molecule has 2 aromatic rings. The average molecular weight is 341 g/mol. The molecule has 5 nitrogen and oxygen atoms in total. The Morgan fingerprint density at radius 2 is 1.72 bits per heavy atom. The lowest BCUT2D eigenvalue weighted by molar-refractivity contribution is 0.00578. The molecule has 6 heteroatoms. The van der Waals surface area contributed by atoms with Crippen molar-refractivity contribution < 1.29 is 9.31 Å². The van der Waals surface area contributed by atoms with Gasteiger partial charge in [-0.25, -0.2) is 0 Å². The maximum absolute atomic E-state index is 6.19. The van der Waals surface area contributed by atoms with E-state index in [1.807, 2.05) is 11.7 Å². The first kappa shape index (κ1) is 17.1. The number of likely N-dealkylation sites (tertiary alicyclic amines) is 1. The molecule has 1 aromatic carbocycles. The van der Waals surface area contributed by atoms with E-state index in [1.54, 1.807) is 0 Å². The van der Waals surface area contributed by atoms with Crippen LogP contribution in [0.3, 0.4) is 0 Å². The van der Waals surface area contributed by atoms with Gasteiger partial charge in [-0.2, -0.15) is 5.10 Å². The molecular formula is C19H28BN3O2. The lowest BCUT2D eigenvalue weighted by atomic mass is 9.79. The molecule has 3 heterocycles. The highest BCUT2D eigenvalue weighted by atomic mass is 16.7. The monoisotopic (exact) mass is 341 g/mol. The smallest absolute Gasteiger partial charge is 0.399 e. The summed E-state index contributed by atoms with van der Waals surface area (Å²) in [6.07, 6.45) is 2.60. The Hall–Kier alpha value is -1.37. The van der Waals surface area contributed by atoms with Crippen LogP contribution < -0.4 is 5.46 Å². The average Bonchev–Trinajstić information content (AvgIpc) is 3.20. The third-order valence-corrected chi connectivity index (χ3v) is 6.05. The van der Waals surface area contributed by atoms with E-state index in [2.05, 4.69) is 50.8 Å². The van der Waals surface area contributed by atoms with Gasteiger partial charge in [0.2, 0.25) is 0 Å². The number of aromatic nitrogens is 2. The van der Waals surface area contributed by atoms with Crippen molar-refractivity contribution in [2.45, 2.75) is 58.3 Å². The molecule has 134 valence electrons. The molecule has 0 unspecified atom stereocenters. The highest BCUT2D eigenvalue weighted by molar-refractivity contribution is 6.62. The minimum Gasteiger partial charge on any atom is -0.399 e. The fourth-order valence-corrected chi connectivity index (χ4v) is 3.74. The third-order valence-electron chi connectivity index (χ3n) is 6.05. The van der Waals surface area contributed by atoms with E-state index in [0.717, 1.165) is 17.5 Å². The first-order valence-electron chi connectivity index (χ1n) is 9.30. The number of fused-ring (bicyclic) bond motifs is 1. The summed E-state index contributed by atoms with van der Waals surface area (Å²) in [4.78, 5) is 2.49. The van der Waals surface area contributed by atoms with Crippen LogP contribution in [0.5, 0.6) is 0 Å². The molecular weight excluding hydrogens is 313 g/mol. The fourth-order valence-electron chi connectivity index (χ4n) is 3.74. The van der Waals surface area contributed by atoms with Crippen LogP contribution in [-0.4, -0.2) is 46.1 Å². The zero-order chi connectivity index (χ0) is 17.8. The van der Waals surface area contributed by atoms with Crippen molar-refractivity contribution in [2.24, 2.45) is 7.05 Å². The Kier molecular flexibility index (Phi) is 3.98. The molecule has 0 radical (unpaired) electrons. The standard InChI is InChI=1S/C19H28BN3O2/c1-18(2)19(3,4)25-20(24-18)14-8-9-15-16(13-23-10-6-7-11-23)21-22(5)17(15)12-14/h8-9,12H,6-7,10-11,13H2,1-5H3. The highest BCUT2D eigenvalue weighted by Crippen LogP contribution is 2.36. The molecule has 0 atom stereocenters. The number of aryl methyl sites for hydroxylation is 1. The summed E-state index contributed by atoms with van der Waals surface area (Å²) in [6, 6.07) is 6.46. The first-order chi connectivity index (χ1) is 11.8. The molecule has 2 fully saturated rings. The second-order valence-electron chi connectivity index (χ2n) is 8.42. The second kappa shape index (κ2) is 5.83. The molecule has 0 bridgehead atoms. The lowest BCUT2D eigenvalue weighted by Gasteiger charge is -2.32. The molecule has 0 saturated carbocycles. The number of nitrogens with zero attached hydrogens (tertiary/aromatic N) is 3. The predicted octanol–water partition coefficient (Wildman–Crippen LogP) is 2.47. The summed E-state index contributed by atoms with van der Waals surface area (Å²) in [7, 11) is 1.69. The predicted molar refractivity (Wildman–Crippen MR) is 101 cm³/mol. The lowest BCUT2D eigenvalue weighted by Crippen LogP contribution is -2.41. The van der Waals surface area contributed by atoms with Gasteiger partial charge in [0.05, 0.1) is 22.4 Å². The van der Waals surface area contributed by atoms with E-state index in [9.17, 15) is 0 Å². The quantitative estimate of drug-likeness (QED) is 0.804. The Bertz CT molecular complexity index is 777. The summed E-state index contributed by atoms with van der Waals surface area (Å²) in [5.41, 5.74) is 2.73. The first-order valence-corrected chi connectivity index (χ1v) is 9.30. The molecule has 25 heavy (non-hydrogen) atoms. The third kappa shape index (κ3) is 2.90. The van der Waals surface area contributed by atoms with Crippen LogP contribution in [0.25, 0.3) is 10.9 Å². The molecule has 4 rings (SSSR count). The maximum atomic E-state index is 6.19. The van der Waals surface area contributed by atoms with Crippen molar-refractivity contribution in [3.05, 3.63) is 23.9 Å². The van der Waals surface area contributed by atoms with Crippen molar-refractivity contribution in [1.29, 1.82) is 0 Å². The van der Waals surface area contributed by atoms with Gasteiger partial charge in [-0.3, -0.25) is 9.58 Å². The van der Waals surface area contributed by atoms with Crippen molar-refractivity contribution in [2.75, 3.05) is 13.1 Å². The molecule has 1 aromatic heterocycles. The van der Waals surface area contributed by atoms with Gasteiger partial charge in [0.25, 0.3) is 0 Å². The van der Waals surface area contributed by atoms with E-state index < -0.39 is 0 Å². The van der Waals surface area contributed by atoms with E-state index in [1.165, 1.54) is 37.0 Å². The summed E-state index contributed by atoms with van der Waals surface area (Å²) >= 11 is 0. The zero-order valence-electron chi connectivity index (χ0n) is 16.0. The Balaban J connectivity index is 1.64. The van der Waals surface area contributed by atoms with E-state index in [-0.39, 0.29) is 18.3 Å². The van der Waals surface area contributed by atoms with E-state index in [0.29, 0.717) is 0 Å². The summed E-state index contributed by atoms with van der Waals surface area (Å²) < 4.78 is 14.4. The normalized spacial score (nSPS) is 23.0. The molecule has 2 saturated heterocycles. The largest absolute Gasteiger partial charge is 0.494 e. The summed E-state index contributed by atoms with van der Waals surface area (Å²) in [5.74, 6) is 0. The van der Waals surface area contributed by atoms with Crippen LogP contribution in [0, 0.1) is 0 Å². The second-order valence-corrected chi connectivity index (χ2v) is 8.42. The number of hydrogen-bond donors (Lipinski definition) is 0. The van der Waals surface area contributed by atoms with Crippen molar-refractivity contribution in [3.63, 3.8) is 0 Å². The summed E-state index contributed by atoms with van der Waals surface area (Å²) in [6.45, 7) is 11.7. The van der Waals surface area contributed by atoms with Gasteiger partial charge in [0.1, 0.15) is 0 Å². The minimum atomic E-state index is -0.327. The van der Waals surface area contributed by atoms with Gasteiger partial charge in [0, 0.05) is 19.0 Å². The van der Waals surface area contributed by atoms with E-state index >= 15 is 0 Å². The molecule has 0 amide bonds. The van der Waals surface area contributed by atoms with Crippen LogP contribution in [0.2, 0.25) is 0 Å². The maximum Gasteiger partial charge on any atom is 0.494 e. The number of rotatable bonds is 3. The SMILES string of the molecule is Cn1nc(CN2CCCC2)c2ccc(B3OC(C)(C)C(C)(C)O3)cc21. The molecule has 2 aliphatic heterocycles. The molecule has 0 spiro atoms. The van der Waals surface area contributed by atoms with Gasteiger partial charge >= 0.3 is 7.12 Å². The number of hydrogen-bond acceptors (Lipinski definition) is 4. The van der Waals surface area contributed by atoms with Crippen LogP contribution in [0.1, 0.15) is 46.2 Å². The van der Waals surface area contributed by atoms with Crippen molar-refractivity contribution in [3.8, 4) is 0 Å². The van der Waals surface area contributed by atoms with Crippen molar-refractivity contribution in [1.82, 2.24) is 14.7 Å². The Labute approximate surface area is 150 Å². The highest BCUT2D eigenvalue weighted by Gasteiger charge is 2.51. The molecule has 2 aliphatic rings. The van der Waals surface area contributed by atoms with Gasteiger partial charge < -0.3 is 9.31 Å². The van der Waals surface area contributed by atoms with Crippen LogP contribution in [-0.2, 0) is 22.9 Å². The molecule has 0 aliphatic carbocycles. The van der Waals surface area contributed by atoms with Crippen LogP contribution in [0.4, 0.5) is 0 Å². The van der Waals surface area contributed by atoms with Gasteiger partial charge in [-0.05, 0) is 65.2 Å². The topological polar surface area (TPSA) is 39.5 Å². The Morgan fingerprint density at radius 1 is 1.08 bits per heavy atom. The fraction of sp³-hybridized carbons (Fsp3) is 0.632. The minimum absolute atomic E-state index is 0.319. The molecule has 0 N–H and O–H groups in total. The Morgan fingerprint density at radius 3 is 2.36 bits per heavy atom. The van der Waals surface area contributed by atoms with Crippen molar-refractivity contribution >= 4 is 23.5 Å². The van der Waals surface area contributed by atoms with Crippen LogP contribution >= 0.6 is 0 Å². The van der Waals surface area contributed by atoms with Crippen LogP contribution in [0.15, 0.2) is 18.2 Å². The van der Waals surface area contributed by atoms with E-state index in [4.69, 9.17) is 14.4 Å². The number of benzene rings is 1.